The van der Waals surface area contributed by atoms with Crippen LogP contribution >= 0.6 is 0 Å². The molecular formula is C22H26N4O. The van der Waals surface area contributed by atoms with E-state index >= 15 is 0 Å². The summed E-state index contributed by atoms with van der Waals surface area (Å²) in [7, 11) is 0. The van der Waals surface area contributed by atoms with Crippen LogP contribution in [0.2, 0.25) is 0 Å². The molecule has 0 saturated heterocycles. The molecule has 3 aromatic rings. The first-order valence-electron chi connectivity index (χ1n) is 9.33. The van der Waals surface area contributed by atoms with E-state index in [1.165, 1.54) is 0 Å². The van der Waals surface area contributed by atoms with E-state index in [0.717, 1.165) is 22.5 Å². The third kappa shape index (κ3) is 5.05. The van der Waals surface area contributed by atoms with Crippen LogP contribution in [0.25, 0.3) is 16.9 Å². The second-order valence-electron chi connectivity index (χ2n) is 6.77. The van der Waals surface area contributed by atoms with Crippen molar-refractivity contribution in [3.8, 4) is 16.9 Å². The van der Waals surface area contributed by atoms with Gasteiger partial charge in [-0.25, -0.2) is 4.68 Å². The van der Waals surface area contributed by atoms with Gasteiger partial charge in [0.25, 0.3) is 0 Å². The summed E-state index contributed by atoms with van der Waals surface area (Å²) >= 11 is 0. The second kappa shape index (κ2) is 9.14. The van der Waals surface area contributed by atoms with Gasteiger partial charge in [0.1, 0.15) is 0 Å². The molecule has 0 aliphatic heterocycles. The van der Waals surface area contributed by atoms with E-state index in [9.17, 15) is 4.79 Å². The summed E-state index contributed by atoms with van der Waals surface area (Å²) in [5.41, 5.74) is 4.22. The number of hydrogen-bond acceptors (Lipinski definition) is 3. The molecule has 0 atom stereocenters. The van der Waals surface area contributed by atoms with Gasteiger partial charge in [-0.05, 0) is 12.1 Å². The highest BCUT2D eigenvalue weighted by atomic mass is 16.1. The first-order valence-corrected chi connectivity index (χ1v) is 9.33. The Kier molecular flexibility index (Phi) is 6.39. The molecule has 3 rings (SSSR count). The number of carbonyl (C=O) groups excluding carboxylic acids is 1. The quantitative estimate of drug-likeness (QED) is 0.604. The summed E-state index contributed by atoms with van der Waals surface area (Å²) < 4.78 is 1.92. The van der Waals surface area contributed by atoms with E-state index in [0.29, 0.717) is 19.6 Å². The Hall–Kier alpha value is -2.92. The lowest BCUT2D eigenvalue weighted by Crippen LogP contribution is -2.34. The number of para-hydroxylation sites is 1. The van der Waals surface area contributed by atoms with Crippen molar-refractivity contribution < 1.29 is 4.79 Å². The number of rotatable bonds is 8. The summed E-state index contributed by atoms with van der Waals surface area (Å²) in [6.45, 7) is 5.81. The van der Waals surface area contributed by atoms with Crippen molar-refractivity contribution in [1.82, 2.24) is 20.4 Å². The minimum atomic E-state index is 0.0128. The molecule has 0 radical (unpaired) electrons. The Balaban J connectivity index is 1.71. The van der Waals surface area contributed by atoms with Crippen molar-refractivity contribution in [3.05, 3.63) is 72.4 Å². The number of nitrogens with zero attached hydrogens (tertiary/aromatic N) is 2. The van der Waals surface area contributed by atoms with Gasteiger partial charge in [0.15, 0.2) is 0 Å². The molecule has 5 nitrogen and oxygen atoms in total. The molecule has 0 unspecified atom stereocenters. The molecule has 0 spiro atoms. The number of nitrogens with one attached hydrogen (secondary N) is 2. The Labute approximate surface area is 160 Å². The van der Waals surface area contributed by atoms with Crippen LogP contribution in [0.3, 0.4) is 0 Å². The van der Waals surface area contributed by atoms with Gasteiger partial charge in [-0.3, -0.25) is 4.79 Å². The smallest absolute Gasteiger partial charge is 0.222 e. The Morgan fingerprint density at radius 3 is 2.33 bits per heavy atom. The standard InChI is InChI=1S/C22H26N4O/c1-17(2)22(27)24-14-13-23-15-19-16-26(20-11-7-4-8-12-20)25-21(19)18-9-5-3-6-10-18/h3-12,16-17,23H,13-15H2,1-2H3,(H,24,27). The fourth-order valence-electron chi connectivity index (χ4n) is 2.79. The van der Waals surface area contributed by atoms with Crippen molar-refractivity contribution in [2.45, 2.75) is 20.4 Å². The van der Waals surface area contributed by atoms with Crippen LogP contribution in [-0.4, -0.2) is 28.8 Å². The van der Waals surface area contributed by atoms with E-state index in [4.69, 9.17) is 5.10 Å². The second-order valence-corrected chi connectivity index (χ2v) is 6.77. The van der Waals surface area contributed by atoms with Crippen LogP contribution in [0.5, 0.6) is 0 Å². The zero-order valence-corrected chi connectivity index (χ0v) is 15.9. The van der Waals surface area contributed by atoms with Crippen LogP contribution in [0.15, 0.2) is 66.9 Å². The molecule has 1 heterocycles. The number of amides is 1. The van der Waals surface area contributed by atoms with Gasteiger partial charge >= 0.3 is 0 Å². The highest BCUT2D eigenvalue weighted by Crippen LogP contribution is 2.23. The molecular weight excluding hydrogens is 336 g/mol. The van der Waals surface area contributed by atoms with E-state index in [1.807, 2.05) is 67.1 Å². The molecule has 27 heavy (non-hydrogen) atoms. The monoisotopic (exact) mass is 362 g/mol. The van der Waals surface area contributed by atoms with E-state index < -0.39 is 0 Å². The van der Waals surface area contributed by atoms with Crippen molar-refractivity contribution in [2.75, 3.05) is 13.1 Å². The molecule has 0 saturated carbocycles. The number of aromatic nitrogens is 2. The Bertz CT molecular complexity index is 857. The highest BCUT2D eigenvalue weighted by molar-refractivity contribution is 5.77. The fraction of sp³-hybridized carbons (Fsp3) is 0.273. The highest BCUT2D eigenvalue weighted by Gasteiger charge is 2.12. The van der Waals surface area contributed by atoms with Crippen LogP contribution in [0.1, 0.15) is 19.4 Å². The summed E-state index contributed by atoms with van der Waals surface area (Å²) in [4.78, 5) is 11.6. The van der Waals surface area contributed by atoms with Gasteiger partial charge in [0.2, 0.25) is 5.91 Å². The van der Waals surface area contributed by atoms with Crippen LogP contribution in [0.4, 0.5) is 0 Å². The number of hydrogen-bond donors (Lipinski definition) is 2. The van der Waals surface area contributed by atoms with Gasteiger partial charge in [-0.2, -0.15) is 5.10 Å². The summed E-state index contributed by atoms with van der Waals surface area (Å²) in [6, 6.07) is 20.3. The van der Waals surface area contributed by atoms with E-state index in [2.05, 4.69) is 29.0 Å². The third-order valence-corrected chi connectivity index (χ3v) is 4.30. The van der Waals surface area contributed by atoms with Crippen molar-refractivity contribution in [3.63, 3.8) is 0 Å². The maximum Gasteiger partial charge on any atom is 0.222 e. The van der Waals surface area contributed by atoms with Crippen molar-refractivity contribution in [2.24, 2.45) is 5.92 Å². The minimum Gasteiger partial charge on any atom is -0.355 e. The first kappa shape index (κ1) is 18.9. The Morgan fingerprint density at radius 2 is 1.67 bits per heavy atom. The van der Waals surface area contributed by atoms with Crippen LogP contribution in [-0.2, 0) is 11.3 Å². The molecule has 5 heteroatoms. The molecule has 2 aromatic carbocycles. The molecule has 0 aliphatic rings. The maximum atomic E-state index is 11.6. The Morgan fingerprint density at radius 1 is 1.00 bits per heavy atom. The van der Waals surface area contributed by atoms with Gasteiger partial charge < -0.3 is 10.6 Å². The van der Waals surface area contributed by atoms with E-state index in [1.54, 1.807) is 0 Å². The fourth-order valence-corrected chi connectivity index (χ4v) is 2.79. The van der Waals surface area contributed by atoms with Crippen LogP contribution < -0.4 is 10.6 Å². The van der Waals surface area contributed by atoms with Gasteiger partial charge in [0, 0.05) is 42.9 Å². The average Bonchev–Trinajstić information content (AvgIpc) is 3.13. The van der Waals surface area contributed by atoms with E-state index in [-0.39, 0.29) is 11.8 Å². The largest absolute Gasteiger partial charge is 0.355 e. The SMILES string of the molecule is CC(C)C(=O)NCCNCc1cn(-c2ccccc2)nc1-c1ccccc1. The van der Waals surface area contributed by atoms with Gasteiger partial charge in [-0.1, -0.05) is 62.4 Å². The first-order chi connectivity index (χ1) is 13.1. The van der Waals surface area contributed by atoms with Gasteiger partial charge in [0.05, 0.1) is 11.4 Å². The van der Waals surface area contributed by atoms with Crippen molar-refractivity contribution >= 4 is 5.91 Å². The minimum absolute atomic E-state index is 0.0128. The number of benzene rings is 2. The molecule has 1 amide bonds. The molecule has 0 bridgehead atoms. The lowest BCUT2D eigenvalue weighted by molar-refractivity contribution is -0.123. The third-order valence-electron chi connectivity index (χ3n) is 4.30. The lowest BCUT2D eigenvalue weighted by Gasteiger charge is -2.08. The zero-order valence-electron chi connectivity index (χ0n) is 15.9. The molecule has 2 N–H and O–H groups in total. The zero-order chi connectivity index (χ0) is 19.1. The normalized spacial score (nSPS) is 10.9. The molecule has 140 valence electrons. The van der Waals surface area contributed by atoms with Crippen molar-refractivity contribution in [1.29, 1.82) is 0 Å². The average molecular weight is 362 g/mol. The predicted molar refractivity (Wildman–Crippen MR) is 109 cm³/mol. The summed E-state index contributed by atoms with van der Waals surface area (Å²) in [5, 5.41) is 11.1. The molecule has 0 aliphatic carbocycles. The number of carbonyl (C=O) groups is 1. The predicted octanol–water partition coefficient (Wildman–Crippen LogP) is 3.40. The lowest BCUT2D eigenvalue weighted by atomic mass is 10.1. The van der Waals surface area contributed by atoms with Gasteiger partial charge in [-0.15, -0.1) is 0 Å². The molecule has 0 fully saturated rings. The topological polar surface area (TPSA) is 59.0 Å². The molecule has 1 aromatic heterocycles. The maximum absolute atomic E-state index is 11.6. The summed E-state index contributed by atoms with van der Waals surface area (Å²) in [5.74, 6) is 0.0949. The van der Waals surface area contributed by atoms with Crippen LogP contribution in [0, 0.1) is 5.92 Å². The summed E-state index contributed by atoms with van der Waals surface area (Å²) in [6.07, 6.45) is 2.07.